The Hall–Kier alpha value is -1.47. The molecule has 0 aliphatic heterocycles. The van der Waals surface area contributed by atoms with E-state index in [2.05, 4.69) is 5.32 Å². The number of aryl methyl sites for hydroxylation is 1. The van der Waals surface area contributed by atoms with Gasteiger partial charge in [-0.3, -0.25) is 0 Å². The van der Waals surface area contributed by atoms with Gasteiger partial charge < -0.3 is 11.1 Å². The highest BCUT2D eigenvalue weighted by molar-refractivity contribution is 7.90. The molecule has 1 aliphatic carbocycles. The van der Waals surface area contributed by atoms with Gasteiger partial charge >= 0.3 is 6.03 Å². The molecule has 0 unspecified atom stereocenters. The van der Waals surface area contributed by atoms with E-state index >= 15 is 0 Å². The maximum atomic E-state index is 12.1. The summed E-state index contributed by atoms with van der Waals surface area (Å²) in [6, 6.07) is 2.04. The maximum Gasteiger partial charge on any atom is 0.328 e. The number of rotatable bonds is 3. The van der Waals surface area contributed by atoms with E-state index in [9.17, 15) is 13.2 Å². The third kappa shape index (κ3) is 3.30. The Morgan fingerprint density at radius 3 is 2.63 bits per heavy atom. The molecular formula is C11H14ClN3O3S. The Balaban J connectivity index is 2.23. The van der Waals surface area contributed by atoms with Crippen molar-refractivity contribution in [2.24, 2.45) is 0 Å². The maximum absolute atomic E-state index is 12.1. The van der Waals surface area contributed by atoms with E-state index in [4.69, 9.17) is 17.3 Å². The standard InChI is InChI=1S/C11H14ClN3O3S/c1-6-4-8(12)9(13)5-10(6)19(17,18)15-11(16)14-7-2-3-7/h4-5,7H,2-3,13H2,1H3,(H2,14,15,16). The smallest absolute Gasteiger partial charge is 0.328 e. The number of urea groups is 1. The summed E-state index contributed by atoms with van der Waals surface area (Å²) >= 11 is 5.80. The number of anilines is 1. The molecule has 0 saturated heterocycles. The first-order valence-electron chi connectivity index (χ1n) is 5.68. The van der Waals surface area contributed by atoms with Crippen LogP contribution >= 0.6 is 11.6 Å². The third-order valence-corrected chi connectivity index (χ3v) is 4.52. The molecule has 19 heavy (non-hydrogen) atoms. The molecular weight excluding hydrogens is 290 g/mol. The van der Waals surface area contributed by atoms with Gasteiger partial charge in [-0.25, -0.2) is 17.9 Å². The molecule has 2 amide bonds. The highest BCUT2D eigenvalue weighted by atomic mass is 35.5. The summed E-state index contributed by atoms with van der Waals surface area (Å²) in [5.74, 6) is 0. The monoisotopic (exact) mass is 303 g/mol. The average Bonchev–Trinajstić information content (AvgIpc) is 3.05. The van der Waals surface area contributed by atoms with Gasteiger partial charge in [-0.2, -0.15) is 0 Å². The second-order valence-corrected chi connectivity index (χ2v) is 6.55. The van der Waals surface area contributed by atoms with E-state index < -0.39 is 16.1 Å². The lowest BCUT2D eigenvalue weighted by molar-refractivity contribution is 0.245. The molecule has 1 aliphatic rings. The molecule has 0 radical (unpaired) electrons. The molecule has 0 bridgehead atoms. The average molecular weight is 304 g/mol. The number of carbonyl (C=O) groups excluding carboxylic acids is 1. The number of amides is 2. The Morgan fingerprint density at radius 1 is 1.42 bits per heavy atom. The van der Waals surface area contributed by atoms with Crippen molar-refractivity contribution in [2.75, 3.05) is 5.73 Å². The lowest BCUT2D eigenvalue weighted by Crippen LogP contribution is -2.40. The first-order chi connectivity index (χ1) is 8.79. The fraction of sp³-hybridized carbons (Fsp3) is 0.364. The van der Waals surface area contributed by atoms with Crippen molar-refractivity contribution < 1.29 is 13.2 Å². The molecule has 1 aromatic rings. The first-order valence-corrected chi connectivity index (χ1v) is 7.54. The Kier molecular flexibility index (Phi) is 3.60. The molecule has 1 fully saturated rings. The minimum Gasteiger partial charge on any atom is -0.397 e. The van der Waals surface area contributed by atoms with Gasteiger partial charge in [0.25, 0.3) is 10.0 Å². The Labute approximate surface area is 116 Å². The van der Waals surface area contributed by atoms with Crippen LogP contribution in [0.1, 0.15) is 18.4 Å². The minimum absolute atomic E-state index is 0.0552. The number of halogens is 1. The molecule has 0 aromatic heterocycles. The summed E-state index contributed by atoms with van der Waals surface area (Å²) in [4.78, 5) is 11.4. The molecule has 0 heterocycles. The van der Waals surface area contributed by atoms with E-state index in [1.54, 1.807) is 6.92 Å². The van der Waals surface area contributed by atoms with Crippen LogP contribution in [0.4, 0.5) is 10.5 Å². The van der Waals surface area contributed by atoms with E-state index in [-0.39, 0.29) is 21.6 Å². The predicted octanol–water partition coefficient (Wildman–Crippen LogP) is 1.38. The van der Waals surface area contributed by atoms with Crippen LogP contribution in [0.15, 0.2) is 17.0 Å². The Bertz CT molecular complexity index is 626. The highest BCUT2D eigenvalue weighted by Crippen LogP contribution is 2.26. The lowest BCUT2D eigenvalue weighted by atomic mass is 10.2. The van der Waals surface area contributed by atoms with E-state index in [1.807, 2.05) is 4.72 Å². The SMILES string of the molecule is Cc1cc(Cl)c(N)cc1S(=O)(=O)NC(=O)NC1CC1. The number of nitrogen functional groups attached to an aromatic ring is 1. The summed E-state index contributed by atoms with van der Waals surface area (Å²) in [5.41, 5.74) is 6.15. The number of nitrogens with two attached hydrogens (primary N) is 1. The number of hydrogen-bond donors (Lipinski definition) is 3. The molecule has 1 saturated carbocycles. The van der Waals surface area contributed by atoms with Crippen LogP contribution in [-0.2, 0) is 10.0 Å². The molecule has 1 aromatic carbocycles. The van der Waals surface area contributed by atoms with Gasteiger partial charge in [0.1, 0.15) is 0 Å². The van der Waals surface area contributed by atoms with Crippen molar-refractivity contribution in [3.63, 3.8) is 0 Å². The summed E-state index contributed by atoms with van der Waals surface area (Å²) in [6.07, 6.45) is 1.75. The molecule has 0 atom stereocenters. The minimum atomic E-state index is -3.95. The molecule has 2 rings (SSSR count). The third-order valence-electron chi connectivity index (χ3n) is 2.72. The molecule has 4 N–H and O–H groups in total. The lowest BCUT2D eigenvalue weighted by Gasteiger charge is -2.11. The summed E-state index contributed by atoms with van der Waals surface area (Å²) in [6.45, 7) is 1.58. The van der Waals surface area contributed by atoms with Gasteiger partial charge in [0.05, 0.1) is 15.6 Å². The van der Waals surface area contributed by atoms with E-state index in [0.717, 1.165) is 12.8 Å². The molecule has 104 valence electrons. The van der Waals surface area contributed by atoms with Crippen LogP contribution in [0.25, 0.3) is 0 Å². The Morgan fingerprint density at radius 2 is 2.05 bits per heavy atom. The quantitative estimate of drug-likeness (QED) is 0.734. The predicted molar refractivity (Wildman–Crippen MR) is 72.5 cm³/mol. The van der Waals surface area contributed by atoms with Crippen LogP contribution in [0.5, 0.6) is 0 Å². The summed E-state index contributed by atoms with van der Waals surface area (Å²) < 4.78 is 26.1. The fourth-order valence-corrected chi connectivity index (χ4v) is 2.97. The first kappa shape index (κ1) is 14.0. The second-order valence-electron chi connectivity index (χ2n) is 4.49. The highest BCUT2D eigenvalue weighted by Gasteiger charge is 2.26. The van der Waals surface area contributed by atoms with Crippen molar-refractivity contribution in [1.82, 2.24) is 10.0 Å². The van der Waals surface area contributed by atoms with Crippen molar-refractivity contribution in [1.29, 1.82) is 0 Å². The summed E-state index contributed by atoms with van der Waals surface area (Å²) in [7, 11) is -3.95. The van der Waals surface area contributed by atoms with Gasteiger partial charge in [0, 0.05) is 6.04 Å². The summed E-state index contributed by atoms with van der Waals surface area (Å²) in [5, 5.41) is 2.82. The van der Waals surface area contributed by atoms with Crippen molar-refractivity contribution in [2.45, 2.75) is 30.7 Å². The zero-order chi connectivity index (χ0) is 14.2. The van der Waals surface area contributed by atoms with Crippen LogP contribution < -0.4 is 15.8 Å². The normalized spacial score (nSPS) is 15.1. The van der Waals surface area contributed by atoms with Crippen molar-refractivity contribution in [3.05, 3.63) is 22.7 Å². The van der Waals surface area contributed by atoms with Crippen LogP contribution in [0.3, 0.4) is 0 Å². The molecule has 0 spiro atoms. The van der Waals surface area contributed by atoms with Crippen molar-refractivity contribution >= 4 is 33.3 Å². The van der Waals surface area contributed by atoms with Crippen molar-refractivity contribution in [3.8, 4) is 0 Å². The van der Waals surface area contributed by atoms with Gasteiger partial charge in [-0.05, 0) is 37.5 Å². The zero-order valence-electron chi connectivity index (χ0n) is 10.2. The number of nitrogens with one attached hydrogen (secondary N) is 2. The molecule has 6 nitrogen and oxygen atoms in total. The van der Waals surface area contributed by atoms with Crippen LogP contribution in [0, 0.1) is 6.92 Å². The topological polar surface area (TPSA) is 101 Å². The fourth-order valence-electron chi connectivity index (χ4n) is 1.58. The number of carbonyl (C=O) groups is 1. The number of benzene rings is 1. The number of hydrogen-bond acceptors (Lipinski definition) is 4. The van der Waals surface area contributed by atoms with Crippen LogP contribution in [-0.4, -0.2) is 20.5 Å². The van der Waals surface area contributed by atoms with Gasteiger partial charge in [-0.1, -0.05) is 11.6 Å². The molecule has 8 heteroatoms. The van der Waals surface area contributed by atoms with Gasteiger partial charge in [0.15, 0.2) is 0 Å². The van der Waals surface area contributed by atoms with E-state index in [1.165, 1.54) is 12.1 Å². The van der Waals surface area contributed by atoms with E-state index in [0.29, 0.717) is 5.56 Å². The van der Waals surface area contributed by atoms with Gasteiger partial charge in [-0.15, -0.1) is 0 Å². The zero-order valence-corrected chi connectivity index (χ0v) is 11.8. The largest absolute Gasteiger partial charge is 0.397 e. The van der Waals surface area contributed by atoms with Gasteiger partial charge in [0.2, 0.25) is 0 Å². The van der Waals surface area contributed by atoms with Crippen LogP contribution in [0.2, 0.25) is 5.02 Å². The number of sulfonamides is 1. The second kappa shape index (κ2) is 4.90.